The van der Waals surface area contributed by atoms with Crippen LogP contribution in [0.1, 0.15) is 72.8 Å². The van der Waals surface area contributed by atoms with Gasteiger partial charge in [-0.05, 0) is 112 Å². The SMILES string of the molecule is CCCN(CCC1CCC(NC(=O)c2ccc(-c3ccc(O)cc3)cc2)CC1)[C@H]1CCc2nc(N)sc2C1. The average molecular weight is 533 g/mol. The van der Waals surface area contributed by atoms with Gasteiger partial charge in [0, 0.05) is 22.5 Å². The van der Waals surface area contributed by atoms with E-state index in [-0.39, 0.29) is 17.7 Å². The number of anilines is 1. The number of nitrogens with one attached hydrogen (secondary N) is 1. The second-order valence-electron chi connectivity index (χ2n) is 11.0. The maximum Gasteiger partial charge on any atom is 0.251 e. The van der Waals surface area contributed by atoms with Gasteiger partial charge < -0.3 is 21.1 Å². The van der Waals surface area contributed by atoms with Crippen LogP contribution in [0.2, 0.25) is 0 Å². The number of rotatable bonds is 9. The summed E-state index contributed by atoms with van der Waals surface area (Å²) < 4.78 is 0. The Kier molecular flexibility index (Phi) is 8.65. The number of hydrogen-bond donors (Lipinski definition) is 3. The summed E-state index contributed by atoms with van der Waals surface area (Å²) >= 11 is 1.68. The number of phenols is 1. The Morgan fingerprint density at radius 1 is 1.03 bits per heavy atom. The van der Waals surface area contributed by atoms with E-state index in [1.54, 1.807) is 23.5 Å². The van der Waals surface area contributed by atoms with E-state index in [2.05, 4.69) is 22.1 Å². The van der Waals surface area contributed by atoms with Gasteiger partial charge in [0.25, 0.3) is 5.91 Å². The number of thiazole rings is 1. The molecule has 2 aliphatic rings. The zero-order valence-electron chi connectivity index (χ0n) is 22.4. The molecule has 0 bridgehead atoms. The van der Waals surface area contributed by atoms with Crippen molar-refractivity contribution in [1.82, 2.24) is 15.2 Å². The molecule has 2 aliphatic carbocycles. The van der Waals surface area contributed by atoms with E-state index >= 15 is 0 Å². The van der Waals surface area contributed by atoms with Crippen molar-refractivity contribution in [3.63, 3.8) is 0 Å². The molecule has 1 fully saturated rings. The highest BCUT2D eigenvalue weighted by atomic mass is 32.1. The van der Waals surface area contributed by atoms with E-state index in [1.807, 2.05) is 36.4 Å². The molecule has 202 valence electrons. The van der Waals surface area contributed by atoms with Gasteiger partial charge in [0.1, 0.15) is 5.75 Å². The largest absolute Gasteiger partial charge is 0.508 e. The molecule has 1 aromatic heterocycles. The van der Waals surface area contributed by atoms with Gasteiger partial charge in [-0.2, -0.15) is 0 Å². The van der Waals surface area contributed by atoms with Gasteiger partial charge in [-0.3, -0.25) is 4.79 Å². The van der Waals surface area contributed by atoms with Crippen LogP contribution in [0.15, 0.2) is 48.5 Å². The standard InChI is InChI=1S/C31H40N4O2S/c1-2-18-35(26-13-16-28-29(20-26)38-31(32)34-28)19-17-21-3-11-25(12-4-21)33-30(37)24-7-5-22(6-8-24)23-9-14-27(36)15-10-23/h5-10,14-15,21,25-26,36H,2-4,11-13,16-20H2,1H3,(H2,32,34)(H,33,37)/t21?,25?,26-/m0/s1. The van der Waals surface area contributed by atoms with Crippen LogP contribution in [-0.4, -0.2) is 46.1 Å². The van der Waals surface area contributed by atoms with Gasteiger partial charge in [0.2, 0.25) is 0 Å². The first-order chi connectivity index (χ1) is 18.5. The third-order valence-corrected chi connectivity index (χ3v) is 9.26. The molecule has 1 amide bonds. The van der Waals surface area contributed by atoms with E-state index in [9.17, 15) is 9.90 Å². The summed E-state index contributed by atoms with van der Waals surface area (Å²) in [5, 5.41) is 13.5. The van der Waals surface area contributed by atoms with Crippen LogP contribution in [0.3, 0.4) is 0 Å². The normalized spacial score (nSPS) is 21.3. The summed E-state index contributed by atoms with van der Waals surface area (Å²) in [6.45, 7) is 4.60. The molecule has 7 heteroatoms. The molecular weight excluding hydrogens is 492 g/mol. The van der Waals surface area contributed by atoms with Crippen LogP contribution in [0.5, 0.6) is 5.75 Å². The van der Waals surface area contributed by atoms with Crippen LogP contribution in [0.25, 0.3) is 11.1 Å². The van der Waals surface area contributed by atoms with Crippen molar-refractivity contribution in [3.05, 3.63) is 64.7 Å². The minimum absolute atomic E-state index is 0.0141. The van der Waals surface area contributed by atoms with Gasteiger partial charge in [0.05, 0.1) is 5.69 Å². The molecule has 0 spiro atoms. The smallest absolute Gasteiger partial charge is 0.251 e. The first kappa shape index (κ1) is 26.7. The van der Waals surface area contributed by atoms with Crippen molar-refractivity contribution in [2.45, 2.75) is 76.8 Å². The summed E-state index contributed by atoms with van der Waals surface area (Å²) in [5.74, 6) is 1.01. The van der Waals surface area contributed by atoms with Crippen LogP contribution < -0.4 is 11.1 Å². The van der Waals surface area contributed by atoms with E-state index in [1.165, 1.54) is 42.7 Å². The molecule has 38 heavy (non-hydrogen) atoms. The highest BCUT2D eigenvalue weighted by Gasteiger charge is 2.28. The lowest BCUT2D eigenvalue weighted by Crippen LogP contribution is -2.41. The molecule has 5 rings (SSSR count). The maximum absolute atomic E-state index is 12.9. The highest BCUT2D eigenvalue weighted by Crippen LogP contribution is 2.32. The molecule has 0 saturated heterocycles. The fourth-order valence-corrected chi connectivity index (χ4v) is 7.08. The minimum atomic E-state index is 0.0141. The van der Waals surface area contributed by atoms with Gasteiger partial charge in [-0.1, -0.05) is 31.2 Å². The first-order valence-electron chi connectivity index (χ1n) is 14.2. The van der Waals surface area contributed by atoms with E-state index in [0.29, 0.717) is 16.7 Å². The maximum atomic E-state index is 12.9. The van der Waals surface area contributed by atoms with Crippen molar-refractivity contribution >= 4 is 22.4 Å². The molecule has 0 aliphatic heterocycles. The zero-order valence-corrected chi connectivity index (χ0v) is 23.2. The lowest BCUT2D eigenvalue weighted by atomic mass is 9.83. The predicted molar refractivity (Wildman–Crippen MR) is 156 cm³/mol. The Balaban J connectivity index is 1.07. The summed E-state index contributed by atoms with van der Waals surface area (Å²) in [7, 11) is 0. The fourth-order valence-electron chi connectivity index (χ4n) is 6.13. The molecule has 1 saturated carbocycles. The van der Waals surface area contributed by atoms with Crippen LogP contribution in [0.4, 0.5) is 5.13 Å². The van der Waals surface area contributed by atoms with Gasteiger partial charge in [-0.25, -0.2) is 4.98 Å². The Labute approximate surface area is 230 Å². The second kappa shape index (κ2) is 12.3. The van der Waals surface area contributed by atoms with Crippen molar-refractivity contribution in [2.75, 3.05) is 18.8 Å². The summed E-state index contributed by atoms with van der Waals surface area (Å²) in [6.07, 6.45) is 10.2. The molecular formula is C31H40N4O2S. The predicted octanol–water partition coefficient (Wildman–Crippen LogP) is 6.05. The monoisotopic (exact) mass is 532 g/mol. The number of aryl methyl sites for hydroxylation is 1. The minimum Gasteiger partial charge on any atom is -0.508 e. The molecule has 1 heterocycles. The Morgan fingerprint density at radius 3 is 2.39 bits per heavy atom. The van der Waals surface area contributed by atoms with Crippen molar-refractivity contribution < 1.29 is 9.90 Å². The highest BCUT2D eigenvalue weighted by molar-refractivity contribution is 7.15. The molecule has 0 radical (unpaired) electrons. The number of carbonyl (C=O) groups is 1. The number of aromatic hydroxyl groups is 1. The molecule has 0 unspecified atom stereocenters. The van der Waals surface area contributed by atoms with E-state index in [0.717, 1.165) is 55.8 Å². The lowest BCUT2D eigenvalue weighted by Gasteiger charge is -2.36. The number of fused-ring (bicyclic) bond motifs is 1. The molecule has 6 nitrogen and oxygen atoms in total. The third-order valence-electron chi connectivity index (χ3n) is 8.31. The van der Waals surface area contributed by atoms with Gasteiger partial charge in [0.15, 0.2) is 5.13 Å². The number of hydrogen-bond acceptors (Lipinski definition) is 6. The lowest BCUT2D eigenvalue weighted by molar-refractivity contribution is 0.0918. The summed E-state index contributed by atoms with van der Waals surface area (Å²) in [5.41, 5.74) is 9.94. The number of aromatic nitrogens is 1. The summed E-state index contributed by atoms with van der Waals surface area (Å²) in [6, 6.07) is 15.7. The van der Waals surface area contributed by atoms with Crippen LogP contribution in [0, 0.1) is 5.92 Å². The van der Waals surface area contributed by atoms with Crippen molar-refractivity contribution in [1.29, 1.82) is 0 Å². The number of nitrogens with zero attached hydrogens (tertiary/aromatic N) is 2. The second-order valence-corrected chi connectivity index (χ2v) is 12.1. The summed E-state index contributed by atoms with van der Waals surface area (Å²) in [4.78, 5) is 21.5. The van der Waals surface area contributed by atoms with Gasteiger partial charge in [-0.15, -0.1) is 11.3 Å². The quantitative estimate of drug-likeness (QED) is 0.312. The topological polar surface area (TPSA) is 91.5 Å². The number of amides is 1. The Morgan fingerprint density at radius 2 is 1.71 bits per heavy atom. The van der Waals surface area contributed by atoms with E-state index in [4.69, 9.17) is 5.73 Å². The van der Waals surface area contributed by atoms with Crippen molar-refractivity contribution in [2.24, 2.45) is 5.92 Å². The molecule has 2 aromatic carbocycles. The zero-order chi connectivity index (χ0) is 26.5. The Bertz CT molecular complexity index is 1200. The number of carbonyl (C=O) groups excluding carboxylic acids is 1. The van der Waals surface area contributed by atoms with Crippen LogP contribution >= 0.6 is 11.3 Å². The molecule has 1 atom stereocenters. The van der Waals surface area contributed by atoms with Gasteiger partial charge >= 0.3 is 0 Å². The van der Waals surface area contributed by atoms with Crippen molar-refractivity contribution in [3.8, 4) is 16.9 Å². The first-order valence-corrected chi connectivity index (χ1v) is 15.0. The number of phenolic OH excluding ortho intramolecular Hbond substituents is 1. The number of benzene rings is 2. The fraction of sp³-hybridized carbons (Fsp3) is 0.484. The number of nitrogens with two attached hydrogens (primary N) is 1. The molecule has 4 N–H and O–H groups in total. The van der Waals surface area contributed by atoms with E-state index < -0.39 is 0 Å². The Hall–Kier alpha value is -2.90. The molecule has 3 aromatic rings. The third kappa shape index (κ3) is 6.56. The van der Waals surface area contributed by atoms with Crippen LogP contribution in [-0.2, 0) is 12.8 Å². The average Bonchev–Trinajstić information content (AvgIpc) is 3.31. The number of nitrogen functional groups attached to an aromatic ring is 1.